The van der Waals surface area contributed by atoms with Crippen molar-refractivity contribution in [3.8, 4) is 5.69 Å². The minimum atomic E-state index is -0.618. The first-order valence-electron chi connectivity index (χ1n) is 10.5. The molecule has 7 heteroatoms. The lowest BCUT2D eigenvalue weighted by Crippen LogP contribution is -2.11. The molecule has 160 valence electrons. The number of benzene rings is 2. The predicted octanol–water partition coefficient (Wildman–Crippen LogP) is 6.08. The summed E-state index contributed by atoms with van der Waals surface area (Å²) in [4.78, 5) is 13.7. The zero-order valence-electron chi connectivity index (χ0n) is 18.0. The number of nitrogens with one attached hydrogen (secondary N) is 1. The molecule has 0 aliphatic carbocycles. The van der Waals surface area contributed by atoms with Gasteiger partial charge in [-0.15, -0.1) is 21.5 Å². The molecule has 2 aromatic carbocycles. The van der Waals surface area contributed by atoms with Gasteiger partial charge in [0, 0.05) is 17.1 Å². The Labute approximate surface area is 194 Å². The number of Topliss-reactive ketones (excluding diaryl/α,β-unsaturated/α-hetero) is 1. The highest BCUT2D eigenvalue weighted by molar-refractivity contribution is 8.19. The van der Waals surface area contributed by atoms with Gasteiger partial charge in [-0.05, 0) is 60.9 Å². The van der Waals surface area contributed by atoms with Crippen molar-refractivity contribution in [2.75, 3.05) is 0 Å². The van der Waals surface area contributed by atoms with Crippen LogP contribution >= 0.6 is 23.1 Å². The number of hydrogen-bond acceptors (Lipinski definition) is 6. The van der Waals surface area contributed by atoms with E-state index in [-0.39, 0.29) is 5.78 Å². The van der Waals surface area contributed by atoms with Gasteiger partial charge in [-0.3, -0.25) is 10.2 Å². The molecule has 1 aliphatic rings. The molecule has 5 nitrogen and oxygen atoms in total. The summed E-state index contributed by atoms with van der Waals surface area (Å²) in [6, 6.07) is 16.9. The fourth-order valence-corrected chi connectivity index (χ4v) is 6.07. The Morgan fingerprint density at radius 3 is 2.62 bits per heavy atom. The minimum absolute atomic E-state index is 0.0608. The van der Waals surface area contributed by atoms with Gasteiger partial charge in [0.05, 0.1) is 9.95 Å². The second-order valence-electron chi connectivity index (χ2n) is 7.85. The number of rotatable bonds is 4. The minimum Gasteiger partial charge on any atom is -0.318 e. The second-order valence-corrected chi connectivity index (χ2v) is 10.0. The monoisotopic (exact) mass is 458 g/mol. The number of aryl methyl sites for hydroxylation is 2. The Hall–Kier alpha value is -3.03. The van der Waals surface area contributed by atoms with Crippen LogP contribution in [0.5, 0.6) is 0 Å². The standard InChI is InChI=1S/C25H22N4OS2/c1-4-21-27-28-25(32-21)22-23(30)20(31-24(22)26)13-18-11-14(2)29(15(18)3)19-10-9-16-7-5-6-8-17(16)12-19/h5-13,22,26H,4H2,1-3H3/b20-13-,26-24?/t22-/m0/s1. The van der Waals surface area contributed by atoms with Crippen LogP contribution in [0.25, 0.3) is 22.5 Å². The van der Waals surface area contributed by atoms with Crippen molar-refractivity contribution in [1.29, 1.82) is 5.41 Å². The van der Waals surface area contributed by atoms with Crippen molar-refractivity contribution in [2.45, 2.75) is 33.1 Å². The number of thioether (sulfide) groups is 1. The summed E-state index contributed by atoms with van der Waals surface area (Å²) >= 11 is 2.66. The van der Waals surface area contributed by atoms with Crippen molar-refractivity contribution in [1.82, 2.24) is 14.8 Å². The Morgan fingerprint density at radius 2 is 1.88 bits per heavy atom. The summed E-state index contributed by atoms with van der Waals surface area (Å²) in [6.07, 6.45) is 2.70. The van der Waals surface area contributed by atoms with Crippen LogP contribution in [0.4, 0.5) is 0 Å². The average molecular weight is 459 g/mol. The first-order valence-corrected chi connectivity index (χ1v) is 12.1. The predicted molar refractivity (Wildman–Crippen MR) is 133 cm³/mol. The topological polar surface area (TPSA) is 71.6 Å². The Kier molecular flexibility index (Phi) is 5.31. The molecule has 0 amide bonds. The summed E-state index contributed by atoms with van der Waals surface area (Å²) in [5.41, 5.74) is 4.26. The summed E-state index contributed by atoms with van der Waals surface area (Å²) in [6.45, 7) is 6.16. The molecule has 1 N–H and O–H groups in total. The molecular formula is C25H22N4OS2. The van der Waals surface area contributed by atoms with Crippen LogP contribution in [0.15, 0.2) is 53.4 Å². The Bertz CT molecular complexity index is 1410. The fraction of sp³-hybridized carbons (Fsp3) is 0.200. The first kappa shape index (κ1) is 20.8. The molecular weight excluding hydrogens is 436 g/mol. The molecule has 1 saturated heterocycles. The third kappa shape index (κ3) is 3.51. The zero-order chi connectivity index (χ0) is 22.4. The molecule has 1 aliphatic heterocycles. The number of ketones is 1. The SMILES string of the molecule is CCc1nnc([C@@H]2C(=N)S/C(=C\c3cc(C)n(-c4ccc5ccccc5c4)c3C)C2=O)s1. The molecule has 1 fully saturated rings. The van der Waals surface area contributed by atoms with Crippen LogP contribution in [-0.4, -0.2) is 25.6 Å². The molecule has 0 saturated carbocycles. The van der Waals surface area contributed by atoms with E-state index in [1.807, 2.05) is 25.1 Å². The largest absolute Gasteiger partial charge is 0.318 e. The van der Waals surface area contributed by atoms with E-state index in [9.17, 15) is 4.79 Å². The normalized spacial score (nSPS) is 17.7. The van der Waals surface area contributed by atoms with Gasteiger partial charge in [0.1, 0.15) is 15.9 Å². The molecule has 0 unspecified atom stereocenters. The molecule has 2 aromatic heterocycles. The van der Waals surface area contributed by atoms with Crippen molar-refractivity contribution < 1.29 is 4.79 Å². The van der Waals surface area contributed by atoms with E-state index in [1.165, 1.54) is 33.9 Å². The van der Waals surface area contributed by atoms with Crippen LogP contribution in [0.3, 0.4) is 0 Å². The maximum atomic E-state index is 13.1. The van der Waals surface area contributed by atoms with Gasteiger partial charge < -0.3 is 4.57 Å². The zero-order valence-corrected chi connectivity index (χ0v) is 19.7. The third-order valence-corrected chi connectivity index (χ3v) is 7.89. The number of hydrogen-bond donors (Lipinski definition) is 1. The molecule has 3 heterocycles. The lowest BCUT2D eigenvalue weighted by Gasteiger charge is -2.11. The van der Waals surface area contributed by atoms with Crippen molar-refractivity contribution in [3.05, 3.63) is 80.4 Å². The summed E-state index contributed by atoms with van der Waals surface area (Å²) in [5, 5.41) is 20.9. The average Bonchev–Trinajstić information content (AvgIpc) is 3.44. The molecule has 32 heavy (non-hydrogen) atoms. The molecule has 0 bridgehead atoms. The number of carbonyl (C=O) groups is 1. The number of carbonyl (C=O) groups excluding carboxylic acids is 1. The first-order chi connectivity index (χ1) is 15.5. The lowest BCUT2D eigenvalue weighted by molar-refractivity contribution is -0.114. The number of nitrogens with zero attached hydrogens (tertiary/aromatic N) is 3. The van der Waals surface area contributed by atoms with E-state index < -0.39 is 5.92 Å². The van der Waals surface area contributed by atoms with E-state index in [1.54, 1.807) is 0 Å². The maximum absolute atomic E-state index is 13.1. The highest BCUT2D eigenvalue weighted by Gasteiger charge is 2.39. The molecule has 5 rings (SSSR count). The Morgan fingerprint density at radius 1 is 1.09 bits per heavy atom. The second kappa shape index (κ2) is 8.15. The Balaban J connectivity index is 1.50. The molecule has 4 aromatic rings. The van der Waals surface area contributed by atoms with Gasteiger partial charge in [-0.1, -0.05) is 49.0 Å². The molecule has 0 spiro atoms. The highest BCUT2D eigenvalue weighted by atomic mass is 32.2. The number of fused-ring (bicyclic) bond motifs is 1. The highest BCUT2D eigenvalue weighted by Crippen LogP contribution is 2.42. The van der Waals surface area contributed by atoms with Crippen molar-refractivity contribution in [3.63, 3.8) is 0 Å². The van der Waals surface area contributed by atoms with E-state index in [0.29, 0.717) is 15.0 Å². The summed E-state index contributed by atoms with van der Waals surface area (Å²) < 4.78 is 2.21. The van der Waals surface area contributed by atoms with Crippen LogP contribution in [0, 0.1) is 19.3 Å². The van der Waals surface area contributed by atoms with Crippen LogP contribution in [-0.2, 0) is 11.2 Å². The van der Waals surface area contributed by atoms with Crippen LogP contribution < -0.4 is 0 Å². The van der Waals surface area contributed by atoms with E-state index in [4.69, 9.17) is 5.41 Å². The van der Waals surface area contributed by atoms with Gasteiger partial charge in [0.2, 0.25) is 0 Å². The van der Waals surface area contributed by atoms with E-state index >= 15 is 0 Å². The van der Waals surface area contributed by atoms with Crippen molar-refractivity contribution in [2.24, 2.45) is 0 Å². The van der Waals surface area contributed by atoms with Crippen LogP contribution in [0.1, 0.15) is 39.8 Å². The van der Waals surface area contributed by atoms with Crippen LogP contribution in [0.2, 0.25) is 0 Å². The van der Waals surface area contributed by atoms with Crippen molar-refractivity contribution >= 4 is 50.8 Å². The quantitative estimate of drug-likeness (QED) is 0.376. The van der Waals surface area contributed by atoms with E-state index in [0.717, 1.165) is 34.1 Å². The number of allylic oxidation sites excluding steroid dienone is 1. The van der Waals surface area contributed by atoms with Gasteiger partial charge >= 0.3 is 0 Å². The van der Waals surface area contributed by atoms with Gasteiger partial charge in [-0.25, -0.2) is 0 Å². The maximum Gasteiger partial charge on any atom is 0.186 e. The number of aromatic nitrogens is 3. The van der Waals surface area contributed by atoms with Gasteiger partial charge in [0.25, 0.3) is 0 Å². The smallest absolute Gasteiger partial charge is 0.186 e. The lowest BCUT2D eigenvalue weighted by atomic mass is 10.1. The van der Waals surface area contributed by atoms with E-state index in [2.05, 4.69) is 65.0 Å². The summed E-state index contributed by atoms with van der Waals surface area (Å²) in [5.74, 6) is -0.678. The molecule has 1 atom stereocenters. The fourth-order valence-electron chi connectivity index (χ4n) is 4.13. The summed E-state index contributed by atoms with van der Waals surface area (Å²) in [7, 11) is 0. The molecule has 0 radical (unpaired) electrons. The third-order valence-electron chi connectivity index (χ3n) is 5.77. The van der Waals surface area contributed by atoms with Gasteiger partial charge in [-0.2, -0.15) is 0 Å². The van der Waals surface area contributed by atoms with Gasteiger partial charge in [0.15, 0.2) is 5.78 Å².